The van der Waals surface area contributed by atoms with Crippen LogP contribution >= 0.6 is 0 Å². The van der Waals surface area contributed by atoms with Crippen LogP contribution in [-0.4, -0.2) is 15.7 Å². The van der Waals surface area contributed by atoms with E-state index in [9.17, 15) is 27.6 Å². The number of carbonyl (C=O) groups excluding carboxylic acids is 1. The van der Waals surface area contributed by atoms with Crippen LogP contribution < -0.4 is 16.4 Å². The molecular weight excluding hydrogens is 327 g/mol. The standard InChI is InChI=1S/C15H14F3N3O3/c1-9(10-2-4-11(5-3-10)15(16,17)18)19-13(23)8-21-14(24)7-6-12(22)20-21/h2-7,9H,8H2,1H3,(H,19,23)(H,20,22)/t9-/m0/s1. The van der Waals surface area contributed by atoms with Crippen LogP contribution in [0.15, 0.2) is 46.0 Å². The van der Waals surface area contributed by atoms with Gasteiger partial charge in [0.15, 0.2) is 0 Å². The van der Waals surface area contributed by atoms with Gasteiger partial charge in [0.05, 0.1) is 11.6 Å². The van der Waals surface area contributed by atoms with Crippen molar-refractivity contribution >= 4 is 5.91 Å². The van der Waals surface area contributed by atoms with Gasteiger partial charge in [-0.25, -0.2) is 4.68 Å². The summed E-state index contributed by atoms with van der Waals surface area (Å²) in [5.74, 6) is -0.564. The number of aromatic nitrogens is 2. The number of hydrogen-bond donors (Lipinski definition) is 2. The molecule has 2 N–H and O–H groups in total. The first-order valence-corrected chi connectivity index (χ1v) is 6.93. The predicted octanol–water partition coefficient (Wildman–Crippen LogP) is 1.43. The summed E-state index contributed by atoms with van der Waals surface area (Å²) in [7, 11) is 0. The van der Waals surface area contributed by atoms with Crippen molar-refractivity contribution < 1.29 is 18.0 Å². The number of benzene rings is 1. The van der Waals surface area contributed by atoms with Crippen molar-refractivity contribution in [3.05, 3.63) is 68.2 Å². The summed E-state index contributed by atoms with van der Waals surface area (Å²) in [6.07, 6.45) is -4.43. The Balaban J connectivity index is 2.05. The number of nitrogens with one attached hydrogen (secondary N) is 2. The van der Waals surface area contributed by atoms with Crippen molar-refractivity contribution in [2.45, 2.75) is 25.7 Å². The van der Waals surface area contributed by atoms with E-state index in [4.69, 9.17) is 0 Å². The number of nitrogens with zero attached hydrogens (tertiary/aromatic N) is 1. The Kier molecular flexibility index (Phi) is 4.91. The molecule has 0 unspecified atom stereocenters. The molecular formula is C15H14F3N3O3. The molecule has 24 heavy (non-hydrogen) atoms. The molecule has 2 rings (SSSR count). The molecule has 0 saturated heterocycles. The molecule has 128 valence electrons. The summed E-state index contributed by atoms with van der Waals surface area (Å²) >= 11 is 0. The monoisotopic (exact) mass is 341 g/mol. The highest BCUT2D eigenvalue weighted by molar-refractivity contribution is 5.76. The lowest BCUT2D eigenvalue weighted by Gasteiger charge is -2.16. The van der Waals surface area contributed by atoms with Crippen molar-refractivity contribution in [2.24, 2.45) is 0 Å². The van der Waals surface area contributed by atoms with Crippen LogP contribution in [0.1, 0.15) is 24.1 Å². The molecule has 0 bridgehead atoms. The van der Waals surface area contributed by atoms with Crippen LogP contribution in [0.2, 0.25) is 0 Å². The van der Waals surface area contributed by atoms with Gasteiger partial charge in [-0.2, -0.15) is 13.2 Å². The zero-order chi connectivity index (χ0) is 17.9. The van der Waals surface area contributed by atoms with Crippen LogP contribution in [0.3, 0.4) is 0 Å². The van der Waals surface area contributed by atoms with E-state index in [-0.39, 0.29) is 0 Å². The summed E-state index contributed by atoms with van der Waals surface area (Å²) in [4.78, 5) is 34.6. The molecule has 2 aromatic rings. The Bertz CT molecular complexity index is 838. The van der Waals surface area contributed by atoms with Crippen molar-refractivity contribution in [1.29, 1.82) is 0 Å². The van der Waals surface area contributed by atoms with E-state index in [1.54, 1.807) is 6.92 Å². The predicted molar refractivity (Wildman–Crippen MR) is 79.3 cm³/mol. The number of alkyl halides is 3. The second kappa shape index (κ2) is 6.73. The van der Waals surface area contributed by atoms with E-state index in [0.29, 0.717) is 5.56 Å². The Morgan fingerprint density at radius 1 is 1.17 bits per heavy atom. The molecule has 9 heteroatoms. The van der Waals surface area contributed by atoms with Gasteiger partial charge in [-0.05, 0) is 24.6 Å². The summed E-state index contributed by atoms with van der Waals surface area (Å²) in [6, 6.07) is 5.90. The molecule has 1 aromatic heterocycles. The molecule has 0 aliphatic carbocycles. The molecule has 0 radical (unpaired) electrons. The van der Waals surface area contributed by atoms with E-state index >= 15 is 0 Å². The lowest BCUT2D eigenvalue weighted by Crippen LogP contribution is -2.36. The smallest absolute Gasteiger partial charge is 0.348 e. The number of rotatable bonds is 4. The Morgan fingerprint density at radius 3 is 2.38 bits per heavy atom. The van der Waals surface area contributed by atoms with E-state index < -0.39 is 41.4 Å². The minimum absolute atomic E-state index is 0.403. The number of halogens is 3. The first kappa shape index (κ1) is 17.5. The Hall–Kier alpha value is -2.84. The number of aromatic amines is 1. The van der Waals surface area contributed by atoms with Crippen molar-refractivity contribution in [1.82, 2.24) is 15.1 Å². The summed E-state index contributed by atoms with van der Waals surface area (Å²) in [5.41, 5.74) is -1.38. The highest BCUT2D eigenvalue weighted by atomic mass is 19.4. The highest BCUT2D eigenvalue weighted by Gasteiger charge is 2.30. The van der Waals surface area contributed by atoms with Gasteiger partial charge in [0.25, 0.3) is 11.1 Å². The largest absolute Gasteiger partial charge is 0.416 e. The van der Waals surface area contributed by atoms with Gasteiger partial charge in [-0.15, -0.1) is 0 Å². The molecule has 0 aliphatic heterocycles. The van der Waals surface area contributed by atoms with Crippen molar-refractivity contribution in [3.63, 3.8) is 0 Å². The maximum atomic E-state index is 12.5. The molecule has 1 heterocycles. The lowest BCUT2D eigenvalue weighted by atomic mass is 10.1. The molecule has 0 spiro atoms. The molecule has 0 saturated carbocycles. The molecule has 1 aromatic carbocycles. The molecule has 0 fully saturated rings. The molecule has 1 atom stereocenters. The summed E-state index contributed by atoms with van der Waals surface area (Å²) in [6.45, 7) is 1.19. The van der Waals surface area contributed by atoms with Gasteiger partial charge >= 0.3 is 6.18 Å². The Morgan fingerprint density at radius 2 is 1.79 bits per heavy atom. The second-order valence-corrected chi connectivity index (χ2v) is 5.14. The summed E-state index contributed by atoms with van der Waals surface area (Å²) < 4.78 is 38.4. The Labute approximate surface area is 133 Å². The molecule has 6 nitrogen and oxygen atoms in total. The average molecular weight is 341 g/mol. The van der Waals surface area contributed by atoms with Crippen LogP contribution in [0, 0.1) is 0 Å². The third-order valence-corrected chi connectivity index (χ3v) is 3.31. The first-order chi connectivity index (χ1) is 11.2. The lowest BCUT2D eigenvalue weighted by molar-refractivity contribution is -0.137. The van der Waals surface area contributed by atoms with Gasteiger partial charge in [0.1, 0.15) is 6.54 Å². The van der Waals surface area contributed by atoms with Gasteiger partial charge in [-0.1, -0.05) is 12.1 Å². The molecule has 1 amide bonds. The van der Waals surface area contributed by atoms with Crippen LogP contribution in [-0.2, 0) is 17.5 Å². The van der Waals surface area contributed by atoms with Crippen LogP contribution in [0.25, 0.3) is 0 Å². The highest BCUT2D eigenvalue weighted by Crippen LogP contribution is 2.29. The van der Waals surface area contributed by atoms with Crippen molar-refractivity contribution in [2.75, 3.05) is 0 Å². The van der Waals surface area contributed by atoms with Crippen LogP contribution in [0.5, 0.6) is 0 Å². The SMILES string of the molecule is C[C@H](NC(=O)Cn1[nH]c(=O)ccc1=O)c1ccc(C(F)(F)F)cc1. The zero-order valence-electron chi connectivity index (χ0n) is 12.6. The topological polar surface area (TPSA) is 84.0 Å². The third kappa shape index (κ3) is 4.34. The van der Waals surface area contributed by atoms with E-state index in [0.717, 1.165) is 28.9 Å². The fourth-order valence-corrected chi connectivity index (χ4v) is 2.05. The van der Waals surface area contributed by atoms with E-state index in [1.165, 1.54) is 12.1 Å². The van der Waals surface area contributed by atoms with Gasteiger partial charge in [0.2, 0.25) is 5.91 Å². The maximum absolute atomic E-state index is 12.5. The van der Waals surface area contributed by atoms with Crippen molar-refractivity contribution in [3.8, 4) is 0 Å². The van der Waals surface area contributed by atoms with Gasteiger partial charge in [-0.3, -0.25) is 19.5 Å². The van der Waals surface area contributed by atoms with Gasteiger partial charge < -0.3 is 5.32 Å². The van der Waals surface area contributed by atoms with Gasteiger partial charge in [0, 0.05) is 12.1 Å². The van der Waals surface area contributed by atoms with E-state index in [2.05, 4.69) is 10.4 Å². The molecule has 0 aliphatic rings. The number of amides is 1. The number of H-pyrrole nitrogens is 1. The quantitative estimate of drug-likeness (QED) is 0.882. The fourth-order valence-electron chi connectivity index (χ4n) is 2.05. The minimum atomic E-state index is -4.43. The third-order valence-electron chi connectivity index (χ3n) is 3.31. The number of carbonyl (C=O) groups is 1. The van der Waals surface area contributed by atoms with E-state index in [1.807, 2.05) is 0 Å². The minimum Gasteiger partial charge on any atom is -0.348 e. The zero-order valence-corrected chi connectivity index (χ0v) is 12.6. The van der Waals surface area contributed by atoms with Crippen LogP contribution in [0.4, 0.5) is 13.2 Å². The average Bonchev–Trinajstić information content (AvgIpc) is 2.50. The first-order valence-electron chi connectivity index (χ1n) is 6.93. The second-order valence-electron chi connectivity index (χ2n) is 5.14. The normalized spacial score (nSPS) is 12.7. The maximum Gasteiger partial charge on any atom is 0.416 e. The summed E-state index contributed by atoms with van der Waals surface area (Å²) in [5, 5.41) is 4.75. The fraction of sp³-hybridized carbons (Fsp3) is 0.267. The number of hydrogen-bond acceptors (Lipinski definition) is 3.